The lowest BCUT2D eigenvalue weighted by molar-refractivity contribution is -0.146. The molecule has 4 aromatic carbocycles. The summed E-state index contributed by atoms with van der Waals surface area (Å²) >= 11 is 3.30. The van der Waals surface area contributed by atoms with Gasteiger partial charge in [0.25, 0.3) is 5.91 Å². The maximum atomic E-state index is 13.4. The summed E-state index contributed by atoms with van der Waals surface area (Å²) in [5.74, 6) is -1.04. The molecular formula is C31H29BrN2O5S. The van der Waals surface area contributed by atoms with E-state index in [0.717, 1.165) is 15.6 Å². The molecule has 0 spiro atoms. The molecule has 4 rings (SSSR count). The van der Waals surface area contributed by atoms with E-state index in [1.165, 1.54) is 12.1 Å². The van der Waals surface area contributed by atoms with Gasteiger partial charge in [0.2, 0.25) is 10.0 Å². The molecule has 0 aromatic heterocycles. The van der Waals surface area contributed by atoms with Crippen molar-refractivity contribution in [3.63, 3.8) is 0 Å². The number of rotatable bonds is 12. The Labute approximate surface area is 242 Å². The molecule has 0 aliphatic heterocycles. The van der Waals surface area contributed by atoms with Crippen molar-refractivity contribution in [3.05, 3.63) is 136 Å². The zero-order valence-electron chi connectivity index (χ0n) is 21.6. The van der Waals surface area contributed by atoms with Gasteiger partial charge in [-0.25, -0.2) is 8.42 Å². The molecular weight excluding hydrogens is 592 g/mol. The predicted molar refractivity (Wildman–Crippen MR) is 157 cm³/mol. The maximum absolute atomic E-state index is 13.4. The second-order valence-corrected chi connectivity index (χ2v) is 11.8. The van der Waals surface area contributed by atoms with Crippen LogP contribution in [0.2, 0.25) is 0 Å². The van der Waals surface area contributed by atoms with E-state index in [-0.39, 0.29) is 23.8 Å². The summed E-state index contributed by atoms with van der Waals surface area (Å²) in [5, 5.41) is 2.95. The summed E-state index contributed by atoms with van der Waals surface area (Å²) < 4.78 is 35.2. The Morgan fingerprint density at radius 3 is 1.82 bits per heavy atom. The van der Waals surface area contributed by atoms with E-state index >= 15 is 0 Å². The Bertz CT molecular complexity index is 1500. The molecule has 2 N–H and O–H groups in total. The molecule has 0 radical (unpaired) electrons. The molecule has 0 unspecified atom stereocenters. The van der Waals surface area contributed by atoms with Crippen molar-refractivity contribution in [2.75, 3.05) is 6.61 Å². The molecule has 0 aliphatic rings. The zero-order chi connectivity index (χ0) is 28.4. The van der Waals surface area contributed by atoms with Crippen LogP contribution in [0.4, 0.5) is 0 Å². The van der Waals surface area contributed by atoms with Crippen LogP contribution in [-0.4, -0.2) is 39.0 Å². The number of amides is 1. The Balaban J connectivity index is 1.51. The van der Waals surface area contributed by atoms with Crippen molar-refractivity contribution in [2.45, 2.75) is 29.8 Å². The molecule has 0 bridgehead atoms. The van der Waals surface area contributed by atoms with Crippen molar-refractivity contribution in [2.24, 2.45) is 0 Å². The van der Waals surface area contributed by atoms with Crippen LogP contribution in [0.15, 0.2) is 125 Å². The van der Waals surface area contributed by atoms with E-state index in [4.69, 9.17) is 4.74 Å². The number of hydrogen-bond donors (Lipinski definition) is 2. The minimum Gasteiger partial charge on any atom is -0.462 e. The Morgan fingerprint density at radius 1 is 0.725 bits per heavy atom. The highest BCUT2D eigenvalue weighted by Crippen LogP contribution is 2.16. The van der Waals surface area contributed by atoms with Crippen LogP contribution >= 0.6 is 15.9 Å². The molecule has 0 aliphatic carbocycles. The van der Waals surface area contributed by atoms with Gasteiger partial charge in [-0.3, -0.25) is 9.59 Å². The fourth-order valence-corrected chi connectivity index (χ4v) is 5.53. The summed E-state index contributed by atoms with van der Waals surface area (Å²) in [6.45, 7) is -0.141. The molecule has 9 heteroatoms. The summed E-state index contributed by atoms with van der Waals surface area (Å²) in [5.41, 5.74) is 2.20. The van der Waals surface area contributed by atoms with Gasteiger partial charge in [-0.2, -0.15) is 4.72 Å². The average molecular weight is 622 g/mol. The molecule has 4 aromatic rings. The Hall–Kier alpha value is -3.79. The minimum atomic E-state index is -4.02. The van der Waals surface area contributed by atoms with Crippen LogP contribution in [-0.2, 0) is 32.4 Å². The first-order valence-corrected chi connectivity index (χ1v) is 15.0. The molecule has 0 saturated heterocycles. The van der Waals surface area contributed by atoms with E-state index in [0.29, 0.717) is 12.0 Å². The summed E-state index contributed by atoms with van der Waals surface area (Å²) in [7, 11) is -4.02. The van der Waals surface area contributed by atoms with Crippen molar-refractivity contribution in [3.8, 4) is 0 Å². The standard InChI is InChI=1S/C31H29BrN2O5S/c32-26-16-18-28(19-17-26)40(37,38)34-29(21-24-12-6-2-7-13-24)31(36)39-22-27(20-23-10-4-1-5-11-23)33-30(35)25-14-8-3-9-15-25/h1-19,27,29,34H,20-22H2,(H,33,35)/t27-,29+/m1/s1. The van der Waals surface area contributed by atoms with E-state index in [1.54, 1.807) is 36.4 Å². The molecule has 1 amide bonds. The second kappa shape index (κ2) is 14.0. The molecule has 0 saturated carbocycles. The highest BCUT2D eigenvalue weighted by molar-refractivity contribution is 9.10. The topological polar surface area (TPSA) is 102 Å². The van der Waals surface area contributed by atoms with Gasteiger partial charge in [0.05, 0.1) is 10.9 Å². The first-order chi connectivity index (χ1) is 19.3. The first kappa shape index (κ1) is 29.2. The third-order valence-electron chi connectivity index (χ3n) is 6.11. The van der Waals surface area contributed by atoms with Gasteiger partial charge in [0.15, 0.2) is 0 Å². The second-order valence-electron chi connectivity index (χ2n) is 9.17. The molecule has 2 atom stereocenters. The number of sulfonamides is 1. The van der Waals surface area contributed by atoms with Gasteiger partial charge in [-0.1, -0.05) is 94.8 Å². The fraction of sp³-hybridized carbons (Fsp3) is 0.161. The van der Waals surface area contributed by atoms with Crippen molar-refractivity contribution < 1.29 is 22.7 Å². The molecule has 40 heavy (non-hydrogen) atoms. The maximum Gasteiger partial charge on any atom is 0.324 e. The van der Waals surface area contributed by atoms with Crippen LogP contribution in [0.5, 0.6) is 0 Å². The molecule has 0 heterocycles. The monoisotopic (exact) mass is 620 g/mol. The van der Waals surface area contributed by atoms with Crippen LogP contribution in [0, 0.1) is 0 Å². The lowest BCUT2D eigenvalue weighted by Gasteiger charge is -2.22. The van der Waals surface area contributed by atoms with Gasteiger partial charge in [-0.05, 0) is 60.4 Å². The minimum absolute atomic E-state index is 0.0265. The van der Waals surface area contributed by atoms with E-state index in [1.807, 2.05) is 66.7 Å². The van der Waals surface area contributed by atoms with Crippen LogP contribution in [0.3, 0.4) is 0 Å². The van der Waals surface area contributed by atoms with Crippen molar-refractivity contribution in [1.29, 1.82) is 0 Å². The number of ether oxygens (including phenoxy) is 1. The number of halogens is 1. The summed E-state index contributed by atoms with van der Waals surface area (Å²) in [6, 6.07) is 31.8. The number of benzene rings is 4. The molecule has 0 fully saturated rings. The van der Waals surface area contributed by atoms with Crippen molar-refractivity contribution >= 4 is 37.8 Å². The normalized spacial score (nSPS) is 12.7. The first-order valence-electron chi connectivity index (χ1n) is 12.7. The SMILES string of the molecule is O=C(N[C@@H](COC(=O)[C@H](Cc1ccccc1)NS(=O)(=O)c1ccc(Br)cc1)Cc1ccccc1)c1ccccc1. The van der Waals surface area contributed by atoms with Gasteiger partial charge in [0, 0.05) is 10.0 Å². The lowest BCUT2D eigenvalue weighted by atomic mass is 10.1. The van der Waals surface area contributed by atoms with E-state index in [9.17, 15) is 18.0 Å². The predicted octanol–water partition coefficient (Wildman–Crippen LogP) is 4.92. The Kier molecular flexibility index (Phi) is 10.2. The number of esters is 1. The summed E-state index contributed by atoms with van der Waals surface area (Å²) in [4.78, 5) is 26.3. The van der Waals surface area contributed by atoms with Gasteiger partial charge < -0.3 is 10.1 Å². The van der Waals surface area contributed by atoms with Crippen LogP contribution < -0.4 is 10.0 Å². The van der Waals surface area contributed by atoms with Crippen LogP contribution in [0.25, 0.3) is 0 Å². The van der Waals surface area contributed by atoms with Gasteiger partial charge in [0.1, 0.15) is 12.6 Å². The number of hydrogen-bond acceptors (Lipinski definition) is 5. The van der Waals surface area contributed by atoms with E-state index < -0.39 is 28.1 Å². The highest BCUT2D eigenvalue weighted by atomic mass is 79.9. The number of nitrogens with one attached hydrogen (secondary N) is 2. The smallest absolute Gasteiger partial charge is 0.324 e. The van der Waals surface area contributed by atoms with E-state index in [2.05, 4.69) is 26.0 Å². The zero-order valence-corrected chi connectivity index (χ0v) is 24.0. The van der Waals surface area contributed by atoms with Crippen LogP contribution in [0.1, 0.15) is 21.5 Å². The van der Waals surface area contributed by atoms with Gasteiger partial charge >= 0.3 is 5.97 Å². The largest absolute Gasteiger partial charge is 0.462 e. The average Bonchev–Trinajstić information content (AvgIpc) is 2.97. The van der Waals surface area contributed by atoms with Crippen molar-refractivity contribution in [1.82, 2.24) is 10.0 Å². The number of carbonyl (C=O) groups is 2. The fourth-order valence-electron chi connectivity index (χ4n) is 4.08. The Morgan fingerprint density at radius 2 is 1.25 bits per heavy atom. The number of carbonyl (C=O) groups excluding carboxylic acids is 2. The van der Waals surface area contributed by atoms with Gasteiger partial charge in [-0.15, -0.1) is 0 Å². The molecule has 7 nitrogen and oxygen atoms in total. The third kappa shape index (κ3) is 8.61. The summed E-state index contributed by atoms with van der Waals surface area (Å²) in [6.07, 6.45) is 0.510. The third-order valence-corrected chi connectivity index (χ3v) is 8.13. The quantitative estimate of drug-likeness (QED) is 0.219. The molecule has 206 valence electrons. The lowest BCUT2D eigenvalue weighted by Crippen LogP contribution is -2.46. The highest BCUT2D eigenvalue weighted by Gasteiger charge is 2.28.